The average Bonchev–Trinajstić information content (AvgIpc) is 3.55. The molecule has 2 aromatic heterocycles. The van der Waals surface area contributed by atoms with Crippen LogP contribution in [0.2, 0.25) is 0 Å². The van der Waals surface area contributed by atoms with Crippen LogP contribution in [0.5, 0.6) is 0 Å². The molecule has 8 heteroatoms. The Kier molecular flexibility index (Phi) is 8.73. The number of hydrogen-bond acceptors (Lipinski definition) is 5. The van der Waals surface area contributed by atoms with Crippen molar-refractivity contribution in [1.82, 2.24) is 19.7 Å². The molecular formula is C22H16FFeN5S+2. The first-order valence-electron chi connectivity index (χ1n) is 8.84. The van der Waals surface area contributed by atoms with Crippen LogP contribution in [0.15, 0.2) is 41.9 Å². The summed E-state index contributed by atoms with van der Waals surface area (Å²) in [4.78, 5) is 12.9. The number of thiazole rings is 1. The quantitative estimate of drug-likeness (QED) is 0.432. The van der Waals surface area contributed by atoms with Crippen LogP contribution in [0.1, 0.15) is 11.3 Å². The van der Waals surface area contributed by atoms with E-state index in [-0.39, 0.29) is 22.9 Å². The Morgan fingerprint density at radius 2 is 1.67 bits per heavy atom. The van der Waals surface area contributed by atoms with E-state index in [1.54, 1.807) is 29.2 Å². The maximum absolute atomic E-state index is 13.7. The van der Waals surface area contributed by atoms with Crippen molar-refractivity contribution in [2.45, 2.75) is 0 Å². The van der Waals surface area contributed by atoms with Gasteiger partial charge in [0.1, 0.15) is 23.5 Å². The van der Waals surface area contributed by atoms with E-state index in [1.807, 2.05) is 57.8 Å². The molecule has 5 rings (SSSR count). The first kappa shape index (κ1) is 22.8. The van der Waals surface area contributed by atoms with Crippen LogP contribution in [-0.4, -0.2) is 26.0 Å². The summed E-state index contributed by atoms with van der Waals surface area (Å²) in [5, 5.41) is 5.51. The number of aromatic nitrogens is 4. The minimum atomic E-state index is -0.314. The molecule has 2 saturated carbocycles. The zero-order chi connectivity index (χ0) is 19.9. The Bertz CT molecular complexity index is 923. The van der Waals surface area contributed by atoms with Crippen LogP contribution in [0.3, 0.4) is 0 Å². The van der Waals surface area contributed by atoms with Crippen molar-refractivity contribution in [3.63, 3.8) is 0 Å². The minimum Gasteiger partial charge on any atom is -0.227 e. The third-order valence-corrected chi connectivity index (χ3v) is 4.89. The van der Waals surface area contributed by atoms with Crippen LogP contribution in [0, 0.1) is 69.5 Å². The first-order valence-corrected chi connectivity index (χ1v) is 9.66. The Balaban J connectivity index is 0.000000376. The molecule has 2 fully saturated rings. The summed E-state index contributed by atoms with van der Waals surface area (Å²) in [6, 6.07) is 6.48. The zero-order valence-electron chi connectivity index (χ0n) is 15.6. The normalized spacial score (nSPS) is 16.4. The maximum Gasteiger partial charge on any atom is 2.00 e. The number of halogens is 1. The summed E-state index contributed by atoms with van der Waals surface area (Å²) >= 11 is 1.37. The van der Waals surface area contributed by atoms with E-state index < -0.39 is 0 Å². The molecule has 1 aromatic carbocycles. The van der Waals surface area contributed by atoms with Gasteiger partial charge in [-0.2, -0.15) is 5.10 Å². The SMILES string of the molecule is Fc1ccccc1/C=N/c1nc([C]2[CH][CH][CH][CH]2)c(-n2cncn2)s1.[CH]1[CH][CH][CH][CH]1.[Fe+2]. The van der Waals surface area contributed by atoms with E-state index in [2.05, 4.69) is 20.1 Å². The Labute approximate surface area is 191 Å². The van der Waals surface area contributed by atoms with E-state index in [9.17, 15) is 4.39 Å². The molecule has 2 heterocycles. The molecular weight excluding hydrogens is 441 g/mol. The molecule has 148 valence electrons. The summed E-state index contributed by atoms with van der Waals surface area (Å²) < 4.78 is 15.3. The number of rotatable bonds is 4. The third-order valence-electron chi connectivity index (χ3n) is 3.94. The van der Waals surface area contributed by atoms with Crippen LogP contribution in [-0.2, 0) is 17.1 Å². The predicted octanol–water partition coefficient (Wildman–Crippen LogP) is 4.39. The van der Waals surface area contributed by atoms with Gasteiger partial charge in [0, 0.05) is 17.7 Å². The average molecular weight is 457 g/mol. The number of aliphatic imine (C=N–C) groups is 1. The van der Waals surface area contributed by atoms with Gasteiger partial charge < -0.3 is 0 Å². The Morgan fingerprint density at radius 1 is 0.967 bits per heavy atom. The van der Waals surface area contributed by atoms with Crippen LogP contribution >= 0.6 is 11.3 Å². The molecule has 0 atom stereocenters. The van der Waals surface area contributed by atoms with Gasteiger partial charge >= 0.3 is 17.1 Å². The number of benzene rings is 1. The summed E-state index contributed by atoms with van der Waals surface area (Å²) in [5.41, 5.74) is 1.20. The van der Waals surface area contributed by atoms with Gasteiger partial charge in [-0.15, -0.1) is 0 Å². The molecule has 2 aliphatic rings. The van der Waals surface area contributed by atoms with Crippen molar-refractivity contribution in [2.24, 2.45) is 4.99 Å². The molecule has 2 aliphatic carbocycles. The molecule has 5 nitrogen and oxygen atoms in total. The van der Waals surface area contributed by atoms with Crippen molar-refractivity contribution in [3.8, 4) is 5.00 Å². The van der Waals surface area contributed by atoms with Crippen molar-refractivity contribution >= 4 is 22.7 Å². The molecule has 10 radical (unpaired) electrons. The fraction of sp³-hybridized carbons (Fsp3) is 0. The number of nitrogens with zero attached hydrogens (tertiary/aromatic N) is 5. The van der Waals surface area contributed by atoms with E-state index >= 15 is 0 Å². The molecule has 0 unspecified atom stereocenters. The van der Waals surface area contributed by atoms with Crippen molar-refractivity contribution in [2.75, 3.05) is 0 Å². The zero-order valence-corrected chi connectivity index (χ0v) is 17.5. The first-order chi connectivity index (χ1) is 14.3. The second-order valence-corrected chi connectivity index (χ2v) is 6.86. The molecule has 3 aromatic rings. The smallest absolute Gasteiger partial charge is 0.227 e. The van der Waals surface area contributed by atoms with Gasteiger partial charge in [-0.3, -0.25) is 0 Å². The monoisotopic (exact) mass is 457 g/mol. The van der Waals surface area contributed by atoms with E-state index in [0.717, 1.165) is 16.6 Å². The summed E-state index contributed by atoms with van der Waals surface area (Å²) in [6.07, 6.45) is 22.4. The summed E-state index contributed by atoms with van der Waals surface area (Å²) in [5.74, 6) is 0.662. The number of hydrogen-bond donors (Lipinski definition) is 0. The van der Waals surface area contributed by atoms with Crippen molar-refractivity contribution in [3.05, 3.63) is 118 Å². The van der Waals surface area contributed by atoms with Gasteiger partial charge in [0.05, 0.1) is 5.69 Å². The van der Waals surface area contributed by atoms with Crippen LogP contribution in [0.4, 0.5) is 9.52 Å². The minimum absolute atomic E-state index is 0. The molecule has 0 amide bonds. The Hall–Kier alpha value is -1.89. The van der Waals surface area contributed by atoms with Gasteiger partial charge in [0.15, 0.2) is 0 Å². The summed E-state index contributed by atoms with van der Waals surface area (Å²) in [7, 11) is 0. The molecule has 0 N–H and O–H groups in total. The van der Waals surface area contributed by atoms with E-state index in [0.29, 0.717) is 10.7 Å². The fourth-order valence-electron chi connectivity index (χ4n) is 2.57. The van der Waals surface area contributed by atoms with E-state index in [4.69, 9.17) is 0 Å². The Morgan fingerprint density at radius 3 is 2.30 bits per heavy atom. The van der Waals surface area contributed by atoms with E-state index in [1.165, 1.54) is 29.9 Å². The van der Waals surface area contributed by atoms with Crippen LogP contribution in [0.25, 0.3) is 5.00 Å². The van der Waals surface area contributed by atoms with Gasteiger partial charge in [0.25, 0.3) is 0 Å². The standard InChI is InChI=1S/C17H11FN5S.C5H5.Fe/c18-14-8-4-3-7-13(14)9-20-17-22-15(12-5-1-2-6-12)16(24-17)23-11-19-10-21-23;1-2-4-5-3-1;/h1-11H;1-5H;/q;;+2/b20-9+;;. The molecule has 0 aliphatic heterocycles. The largest absolute Gasteiger partial charge is 2.00 e. The second-order valence-electron chi connectivity index (χ2n) is 5.91. The third kappa shape index (κ3) is 5.84. The maximum atomic E-state index is 13.7. The topological polar surface area (TPSA) is 56.0 Å². The predicted molar refractivity (Wildman–Crippen MR) is 112 cm³/mol. The summed E-state index contributed by atoms with van der Waals surface area (Å²) in [6.45, 7) is 0. The molecule has 0 spiro atoms. The fourth-order valence-corrected chi connectivity index (χ4v) is 3.43. The second kappa shape index (κ2) is 11.5. The van der Waals surface area contributed by atoms with Crippen molar-refractivity contribution < 1.29 is 21.5 Å². The van der Waals surface area contributed by atoms with Gasteiger partial charge in [0.2, 0.25) is 5.13 Å². The van der Waals surface area contributed by atoms with Gasteiger partial charge in [-0.1, -0.05) is 29.5 Å². The van der Waals surface area contributed by atoms with Gasteiger partial charge in [-0.25, -0.2) is 24.0 Å². The van der Waals surface area contributed by atoms with Crippen LogP contribution < -0.4 is 0 Å². The molecule has 0 bridgehead atoms. The molecule has 0 saturated heterocycles. The molecule has 30 heavy (non-hydrogen) atoms. The van der Waals surface area contributed by atoms with Gasteiger partial charge in [-0.05, 0) is 63.9 Å². The van der Waals surface area contributed by atoms with Crippen molar-refractivity contribution in [1.29, 1.82) is 0 Å².